The lowest BCUT2D eigenvalue weighted by Crippen LogP contribution is -2.22. The fourth-order valence-corrected chi connectivity index (χ4v) is 3.74. The Morgan fingerprint density at radius 3 is 2.35 bits per heavy atom. The van der Waals surface area contributed by atoms with Crippen molar-refractivity contribution in [3.05, 3.63) is 64.9 Å². The third-order valence-electron chi connectivity index (χ3n) is 2.95. The maximum absolute atomic E-state index is 12.9. The van der Waals surface area contributed by atoms with E-state index in [0.717, 1.165) is 12.1 Å². The molecule has 0 saturated heterocycles. The molecule has 0 spiro atoms. The third kappa shape index (κ3) is 3.00. The smallest absolute Gasteiger partial charge is 0.186 e. The second kappa shape index (κ2) is 5.91. The lowest BCUT2D eigenvalue weighted by atomic mass is 10.1. The average molecular weight is 314 g/mol. The zero-order chi connectivity index (χ0) is 14.8. The van der Waals surface area contributed by atoms with E-state index in [1.54, 1.807) is 24.3 Å². The van der Waals surface area contributed by atoms with Crippen LogP contribution < -0.4 is 5.73 Å². The fourth-order valence-electron chi connectivity index (χ4n) is 1.94. The maximum Gasteiger partial charge on any atom is 0.186 e. The highest BCUT2D eigenvalue weighted by atomic mass is 35.5. The van der Waals surface area contributed by atoms with E-state index in [1.807, 2.05) is 0 Å². The van der Waals surface area contributed by atoms with Crippen LogP contribution in [0.25, 0.3) is 0 Å². The number of rotatable bonds is 4. The highest BCUT2D eigenvalue weighted by Gasteiger charge is 2.28. The minimum Gasteiger partial charge on any atom is -0.329 e. The Morgan fingerprint density at radius 2 is 1.80 bits per heavy atom. The van der Waals surface area contributed by atoms with Crippen LogP contribution in [0.2, 0.25) is 5.02 Å². The molecule has 0 amide bonds. The Labute approximate surface area is 122 Å². The zero-order valence-corrected chi connectivity index (χ0v) is 12.0. The molecule has 106 valence electrons. The summed E-state index contributed by atoms with van der Waals surface area (Å²) in [4.78, 5) is 0.0364. The molecule has 0 bridgehead atoms. The van der Waals surface area contributed by atoms with Gasteiger partial charge in [-0.2, -0.15) is 0 Å². The molecule has 2 rings (SSSR count). The lowest BCUT2D eigenvalue weighted by molar-refractivity contribution is 0.581. The summed E-state index contributed by atoms with van der Waals surface area (Å²) in [5.41, 5.74) is 6.13. The second-order valence-electron chi connectivity index (χ2n) is 4.28. The van der Waals surface area contributed by atoms with E-state index in [0.29, 0.717) is 10.6 Å². The van der Waals surface area contributed by atoms with Crippen molar-refractivity contribution in [3.63, 3.8) is 0 Å². The Hall–Kier alpha value is -1.43. The summed E-state index contributed by atoms with van der Waals surface area (Å²) in [6.07, 6.45) is 0. The van der Waals surface area contributed by atoms with Gasteiger partial charge in [-0.15, -0.1) is 0 Å². The van der Waals surface area contributed by atoms with E-state index in [9.17, 15) is 12.8 Å². The van der Waals surface area contributed by atoms with Gasteiger partial charge in [-0.1, -0.05) is 23.7 Å². The average Bonchev–Trinajstić information content (AvgIpc) is 2.40. The number of benzene rings is 2. The molecule has 2 N–H and O–H groups in total. The Bertz CT molecular complexity index is 701. The molecular weight excluding hydrogens is 301 g/mol. The summed E-state index contributed by atoms with van der Waals surface area (Å²) in [5, 5.41) is -0.470. The molecule has 0 aliphatic heterocycles. The van der Waals surface area contributed by atoms with Gasteiger partial charge in [0.1, 0.15) is 11.1 Å². The lowest BCUT2D eigenvalue weighted by Gasteiger charge is -2.16. The predicted molar refractivity (Wildman–Crippen MR) is 76.8 cm³/mol. The van der Waals surface area contributed by atoms with Crippen molar-refractivity contribution < 1.29 is 12.8 Å². The van der Waals surface area contributed by atoms with Crippen LogP contribution in [0.15, 0.2) is 53.4 Å². The van der Waals surface area contributed by atoms with Crippen LogP contribution in [0, 0.1) is 5.82 Å². The number of nitrogens with two attached hydrogens (primary N) is 1. The molecule has 0 saturated carbocycles. The van der Waals surface area contributed by atoms with E-state index in [1.165, 1.54) is 12.1 Å². The van der Waals surface area contributed by atoms with E-state index < -0.39 is 20.9 Å². The highest BCUT2D eigenvalue weighted by molar-refractivity contribution is 7.91. The first-order valence-electron chi connectivity index (χ1n) is 5.90. The van der Waals surface area contributed by atoms with E-state index in [-0.39, 0.29) is 11.4 Å². The molecule has 0 aromatic heterocycles. The van der Waals surface area contributed by atoms with Gasteiger partial charge in [0, 0.05) is 11.6 Å². The summed E-state index contributed by atoms with van der Waals surface area (Å²) in [6, 6.07) is 11.2. The van der Waals surface area contributed by atoms with Crippen molar-refractivity contribution >= 4 is 21.4 Å². The van der Waals surface area contributed by atoms with Crippen LogP contribution in [-0.2, 0) is 9.84 Å². The minimum absolute atomic E-state index is 0.0364. The first kappa shape index (κ1) is 15.0. The summed E-state index contributed by atoms with van der Waals surface area (Å²) in [5.74, 6) is -0.490. The molecule has 1 unspecified atom stereocenters. The van der Waals surface area contributed by atoms with Gasteiger partial charge < -0.3 is 5.73 Å². The third-order valence-corrected chi connectivity index (χ3v) is 5.33. The largest absolute Gasteiger partial charge is 0.329 e. The molecule has 0 heterocycles. The second-order valence-corrected chi connectivity index (χ2v) is 6.85. The van der Waals surface area contributed by atoms with Crippen LogP contribution >= 0.6 is 11.6 Å². The van der Waals surface area contributed by atoms with Gasteiger partial charge in [0.25, 0.3) is 0 Å². The van der Waals surface area contributed by atoms with Crippen LogP contribution in [0.3, 0.4) is 0 Å². The van der Waals surface area contributed by atoms with Gasteiger partial charge in [-0.25, -0.2) is 12.8 Å². The summed E-state index contributed by atoms with van der Waals surface area (Å²) >= 11 is 5.88. The number of halogens is 2. The molecule has 6 heteroatoms. The first-order valence-corrected chi connectivity index (χ1v) is 7.82. The SMILES string of the molecule is NCC(c1cccc(Cl)c1)S(=O)(=O)c1ccc(F)cc1. The standard InChI is InChI=1S/C14H13ClFNO2S/c15-11-3-1-2-10(8-11)14(9-17)20(18,19)13-6-4-12(16)5-7-13/h1-8,14H,9,17H2. The van der Waals surface area contributed by atoms with Crippen molar-refractivity contribution in [2.75, 3.05) is 6.54 Å². The summed E-state index contributed by atoms with van der Waals surface area (Å²) in [6.45, 7) is -0.0833. The molecule has 2 aromatic carbocycles. The molecule has 20 heavy (non-hydrogen) atoms. The Balaban J connectivity index is 2.47. The molecule has 2 aromatic rings. The van der Waals surface area contributed by atoms with Crippen LogP contribution in [0.5, 0.6) is 0 Å². The minimum atomic E-state index is -3.69. The van der Waals surface area contributed by atoms with Crippen molar-refractivity contribution in [3.8, 4) is 0 Å². The molecule has 0 aliphatic carbocycles. The van der Waals surface area contributed by atoms with Crippen molar-refractivity contribution in [1.29, 1.82) is 0 Å². The Morgan fingerprint density at radius 1 is 1.15 bits per heavy atom. The molecule has 1 atom stereocenters. The number of sulfone groups is 1. The summed E-state index contributed by atoms with van der Waals surface area (Å²) in [7, 11) is -3.69. The monoisotopic (exact) mass is 313 g/mol. The van der Waals surface area contributed by atoms with Crippen molar-refractivity contribution in [2.24, 2.45) is 5.73 Å². The van der Waals surface area contributed by atoms with Crippen LogP contribution in [-0.4, -0.2) is 15.0 Å². The van der Waals surface area contributed by atoms with Gasteiger partial charge >= 0.3 is 0 Å². The van der Waals surface area contributed by atoms with E-state index >= 15 is 0 Å². The molecule has 0 fully saturated rings. The van der Waals surface area contributed by atoms with Crippen molar-refractivity contribution in [2.45, 2.75) is 10.1 Å². The normalized spacial score (nSPS) is 13.2. The topological polar surface area (TPSA) is 60.2 Å². The molecule has 0 aliphatic rings. The fraction of sp³-hybridized carbons (Fsp3) is 0.143. The first-order chi connectivity index (χ1) is 9.45. The van der Waals surface area contributed by atoms with Crippen LogP contribution in [0.4, 0.5) is 4.39 Å². The highest BCUT2D eigenvalue weighted by Crippen LogP contribution is 2.29. The van der Waals surface area contributed by atoms with Gasteiger partial charge in [-0.05, 0) is 42.0 Å². The van der Waals surface area contributed by atoms with Gasteiger partial charge in [0.2, 0.25) is 0 Å². The maximum atomic E-state index is 12.9. The zero-order valence-electron chi connectivity index (χ0n) is 10.5. The number of hydrogen-bond acceptors (Lipinski definition) is 3. The molecule has 0 radical (unpaired) electrons. The quantitative estimate of drug-likeness (QED) is 0.883. The Kier molecular flexibility index (Phi) is 4.42. The molecular formula is C14H13ClFNO2S. The van der Waals surface area contributed by atoms with Gasteiger partial charge in [0.15, 0.2) is 9.84 Å². The van der Waals surface area contributed by atoms with Crippen molar-refractivity contribution in [1.82, 2.24) is 0 Å². The van der Waals surface area contributed by atoms with Gasteiger partial charge in [-0.3, -0.25) is 0 Å². The predicted octanol–water partition coefficient (Wildman–Crippen LogP) is 2.95. The van der Waals surface area contributed by atoms with E-state index in [4.69, 9.17) is 17.3 Å². The molecule has 3 nitrogen and oxygen atoms in total. The van der Waals surface area contributed by atoms with E-state index in [2.05, 4.69) is 0 Å². The van der Waals surface area contributed by atoms with Gasteiger partial charge in [0.05, 0.1) is 4.90 Å². The summed E-state index contributed by atoms with van der Waals surface area (Å²) < 4.78 is 38.0. The number of hydrogen-bond donors (Lipinski definition) is 1. The van der Waals surface area contributed by atoms with Crippen LogP contribution in [0.1, 0.15) is 10.8 Å².